The van der Waals surface area contributed by atoms with Crippen LogP contribution in [0, 0.1) is 0 Å². The Morgan fingerprint density at radius 3 is 2.40 bits per heavy atom. The van der Waals surface area contributed by atoms with E-state index in [0.717, 1.165) is 0 Å². The molecule has 4 N–H and O–H groups in total. The number of carbonyl (C=O) groups excluding carboxylic acids is 1. The Hall–Kier alpha value is -0.660. The molecular weight excluding hydrogens is 160 g/mol. The minimum atomic E-state index is -4.03. The van der Waals surface area contributed by atoms with Gasteiger partial charge in [-0.05, 0) is 0 Å². The van der Waals surface area contributed by atoms with Gasteiger partial charge in [0.05, 0.1) is 6.61 Å². The van der Waals surface area contributed by atoms with Crippen LogP contribution in [0.5, 0.6) is 0 Å². The largest absolute Gasteiger partial charge is 0.395 e. The molecule has 0 aliphatic heterocycles. The molecule has 0 bridgehead atoms. The third-order valence-corrected chi connectivity index (χ3v) is 1.78. The number of carbonyl (C=O) groups is 1. The fourth-order valence-corrected chi connectivity index (χ4v) is 0.753. The molecule has 0 aliphatic rings. The lowest BCUT2D eigenvalue weighted by molar-refractivity contribution is 0.264. The van der Waals surface area contributed by atoms with Crippen LogP contribution in [0.3, 0.4) is 0 Å². The summed E-state index contributed by atoms with van der Waals surface area (Å²) in [6.45, 7) is -0.572. The van der Waals surface area contributed by atoms with E-state index in [4.69, 9.17) is 5.11 Å². The fraction of sp³-hybridized carbons (Fsp3) is 0.667. The summed E-state index contributed by atoms with van der Waals surface area (Å²) < 4.78 is 22.5. The van der Waals surface area contributed by atoms with Gasteiger partial charge >= 0.3 is 5.24 Å². The first-order valence-electron chi connectivity index (χ1n) is 2.40. The molecule has 60 valence electrons. The number of rotatable bonds is 3. The van der Waals surface area contributed by atoms with Gasteiger partial charge in [0.15, 0.2) is 0 Å². The van der Waals surface area contributed by atoms with E-state index in [1.807, 2.05) is 0 Å². The second-order valence-corrected chi connectivity index (χ2v) is 3.14. The molecule has 0 fully saturated rings. The number of hydrogen-bond donors (Lipinski definition) is 3. The smallest absolute Gasteiger partial charge is 0.349 e. The number of nitrogens with two attached hydrogens (primary N) is 1. The average molecular weight is 168 g/mol. The van der Waals surface area contributed by atoms with Crippen LogP contribution >= 0.6 is 0 Å². The molecule has 0 heterocycles. The summed E-state index contributed by atoms with van der Waals surface area (Å²) in [4.78, 5) is 10.0. The summed E-state index contributed by atoms with van der Waals surface area (Å²) in [7, 11) is -4.03. The monoisotopic (exact) mass is 168 g/mol. The van der Waals surface area contributed by atoms with Gasteiger partial charge in [-0.1, -0.05) is 0 Å². The minimum Gasteiger partial charge on any atom is -0.395 e. The van der Waals surface area contributed by atoms with E-state index in [9.17, 15) is 13.2 Å². The number of aliphatic hydroxyl groups excluding tert-OH is 1. The lowest BCUT2D eigenvalue weighted by Gasteiger charge is -1.97. The van der Waals surface area contributed by atoms with Crippen molar-refractivity contribution in [3.05, 3.63) is 0 Å². The van der Waals surface area contributed by atoms with E-state index in [0.29, 0.717) is 0 Å². The summed E-state index contributed by atoms with van der Waals surface area (Å²) in [6, 6.07) is 0. The second-order valence-electron chi connectivity index (χ2n) is 1.44. The summed E-state index contributed by atoms with van der Waals surface area (Å²) >= 11 is 0. The van der Waals surface area contributed by atoms with Crippen LogP contribution in [-0.4, -0.2) is 31.9 Å². The molecule has 0 aromatic rings. The normalized spacial score (nSPS) is 11.3. The van der Waals surface area contributed by atoms with E-state index >= 15 is 0 Å². The van der Waals surface area contributed by atoms with Crippen molar-refractivity contribution in [3.63, 3.8) is 0 Å². The molecule has 10 heavy (non-hydrogen) atoms. The van der Waals surface area contributed by atoms with E-state index in [-0.39, 0.29) is 13.2 Å². The van der Waals surface area contributed by atoms with E-state index in [2.05, 4.69) is 5.73 Å². The molecule has 6 nitrogen and oxygen atoms in total. The second kappa shape index (κ2) is 3.49. The van der Waals surface area contributed by atoms with Crippen molar-refractivity contribution < 1.29 is 18.3 Å². The van der Waals surface area contributed by atoms with Crippen molar-refractivity contribution in [2.45, 2.75) is 0 Å². The zero-order chi connectivity index (χ0) is 8.20. The van der Waals surface area contributed by atoms with Crippen molar-refractivity contribution in [2.24, 2.45) is 5.73 Å². The lowest BCUT2D eigenvalue weighted by Crippen LogP contribution is -2.36. The summed E-state index contributed by atoms with van der Waals surface area (Å²) in [5.41, 5.74) is 4.44. The molecule has 0 aliphatic carbocycles. The van der Waals surface area contributed by atoms with Gasteiger partial charge < -0.3 is 10.8 Å². The van der Waals surface area contributed by atoms with Crippen molar-refractivity contribution in [1.29, 1.82) is 0 Å². The third kappa shape index (κ3) is 2.76. The molecule has 0 unspecified atom stereocenters. The van der Waals surface area contributed by atoms with Crippen LogP contribution in [0.25, 0.3) is 0 Å². The number of amides is 1. The van der Waals surface area contributed by atoms with Gasteiger partial charge in [-0.2, -0.15) is 0 Å². The van der Waals surface area contributed by atoms with Crippen LogP contribution in [0.15, 0.2) is 0 Å². The molecule has 0 radical (unpaired) electrons. The Kier molecular flexibility index (Phi) is 3.26. The maximum atomic E-state index is 10.4. The van der Waals surface area contributed by atoms with Crippen LogP contribution in [-0.2, 0) is 10.0 Å². The topological polar surface area (TPSA) is 109 Å². The first kappa shape index (κ1) is 9.34. The summed E-state index contributed by atoms with van der Waals surface area (Å²) in [5, 5.41) is 6.69. The standard InChI is InChI=1S/C3H8N2O4S/c4-3(7)10(8,9)5-1-2-6/h5-6H,1-2H2,(H2,4,7). The molecular formula is C3H8N2O4S. The average Bonchev–Trinajstić information content (AvgIpc) is 1.84. The highest BCUT2D eigenvalue weighted by Gasteiger charge is 2.15. The van der Waals surface area contributed by atoms with E-state index < -0.39 is 15.3 Å². The highest BCUT2D eigenvalue weighted by Crippen LogP contribution is 1.80. The van der Waals surface area contributed by atoms with Crippen molar-refractivity contribution >= 4 is 15.3 Å². The predicted octanol–water partition coefficient (Wildman–Crippen LogP) is -2.02. The first-order valence-corrected chi connectivity index (χ1v) is 3.89. The first-order chi connectivity index (χ1) is 4.50. The quantitative estimate of drug-likeness (QED) is 0.451. The van der Waals surface area contributed by atoms with Crippen LogP contribution in [0.2, 0.25) is 0 Å². The molecule has 0 aromatic heterocycles. The highest BCUT2D eigenvalue weighted by molar-refractivity contribution is 8.04. The van der Waals surface area contributed by atoms with Gasteiger partial charge in [0.1, 0.15) is 0 Å². The van der Waals surface area contributed by atoms with Crippen molar-refractivity contribution in [2.75, 3.05) is 13.2 Å². The zero-order valence-electron chi connectivity index (χ0n) is 5.07. The van der Waals surface area contributed by atoms with Gasteiger partial charge in [0.25, 0.3) is 10.0 Å². The molecule has 0 saturated carbocycles. The summed E-state index contributed by atoms with van der Waals surface area (Å²) in [6.07, 6.45) is 0. The third-order valence-electron chi connectivity index (χ3n) is 0.669. The molecule has 0 atom stereocenters. The number of aliphatic hydroxyl groups is 1. The predicted molar refractivity (Wildman–Crippen MR) is 33.6 cm³/mol. The van der Waals surface area contributed by atoms with Gasteiger partial charge in [-0.15, -0.1) is 0 Å². The van der Waals surface area contributed by atoms with Crippen LogP contribution < -0.4 is 10.5 Å². The number of primary amides is 1. The molecule has 7 heteroatoms. The lowest BCUT2D eigenvalue weighted by atomic mass is 10.8. The van der Waals surface area contributed by atoms with Crippen LogP contribution in [0.1, 0.15) is 0 Å². The number of hydrogen-bond acceptors (Lipinski definition) is 4. The van der Waals surface area contributed by atoms with Gasteiger partial charge in [0.2, 0.25) is 0 Å². The van der Waals surface area contributed by atoms with Crippen LogP contribution in [0.4, 0.5) is 4.79 Å². The highest BCUT2D eigenvalue weighted by atomic mass is 32.2. The maximum absolute atomic E-state index is 10.4. The van der Waals surface area contributed by atoms with Gasteiger partial charge in [0, 0.05) is 6.54 Å². The maximum Gasteiger partial charge on any atom is 0.349 e. The Morgan fingerprint density at radius 2 is 2.10 bits per heavy atom. The number of nitrogens with one attached hydrogen (secondary N) is 1. The Labute approximate surface area is 58.1 Å². The molecule has 0 rings (SSSR count). The van der Waals surface area contributed by atoms with E-state index in [1.54, 1.807) is 4.72 Å². The van der Waals surface area contributed by atoms with Crippen molar-refractivity contribution in [3.8, 4) is 0 Å². The molecule has 1 amide bonds. The van der Waals surface area contributed by atoms with Crippen molar-refractivity contribution in [1.82, 2.24) is 4.72 Å². The SMILES string of the molecule is NC(=O)S(=O)(=O)NCCO. The molecule has 0 spiro atoms. The Balaban J connectivity index is 4.03. The minimum absolute atomic E-state index is 0.203. The Bertz CT molecular complexity index is 209. The zero-order valence-corrected chi connectivity index (χ0v) is 5.89. The van der Waals surface area contributed by atoms with Gasteiger partial charge in [-0.3, -0.25) is 4.79 Å². The number of sulfonamides is 1. The van der Waals surface area contributed by atoms with Gasteiger partial charge in [-0.25, -0.2) is 13.1 Å². The Morgan fingerprint density at radius 1 is 1.60 bits per heavy atom. The summed E-state index contributed by atoms with van der Waals surface area (Å²) in [5.74, 6) is 0. The van der Waals surface area contributed by atoms with E-state index in [1.165, 1.54) is 0 Å². The molecule has 0 aromatic carbocycles. The fourth-order valence-electron chi connectivity index (χ4n) is 0.251. The molecule has 0 saturated heterocycles.